The van der Waals surface area contributed by atoms with E-state index in [1.165, 1.54) is 12.1 Å². The van der Waals surface area contributed by atoms with E-state index in [2.05, 4.69) is 0 Å². The van der Waals surface area contributed by atoms with Gasteiger partial charge in [0.15, 0.2) is 0 Å². The van der Waals surface area contributed by atoms with Crippen molar-refractivity contribution in [2.24, 2.45) is 5.92 Å². The number of halogens is 1. The molecule has 0 bridgehead atoms. The molecule has 1 heterocycles. The number of rotatable bonds is 7. The second-order valence-electron chi connectivity index (χ2n) is 6.75. The van der Waals surface area contributed by atoms with Crippen molar-refractivity contribution >= 4 is 11.9 Å². The van der Waals surface area contributed by atoms with Gasteiger partial charge in [0.25, 0.3) is 0 Å². The van der Waals surface area contributed by atoms with Crippen LogP contribution < -0.4 is 0 Å². The van der Waals surface area contributed by atoms with E-state index in [1.54, 1.807) is 6.07 Å². The lowest BCUT2D eigenvalue weighted by molar-refractivity contribution is -0.141. The van der Waals surface area contributed by atoms with E-state index in [-0.39, 0.29) is 30.2 Å². The summed E-state index contributed by atoms with van der Waals surface area (Å²) in [6, 6.07) is 6.58. The first kappa shape index (κ1) is 19.4. The van der Waals surface area contributed by atoms with Gasteiger partial charge in [-0.05, 0) is 43.5 Å². The van der Waals surface area contributed by atoms with Crippen LogP contribution in [0, 0.1) is 11.7 Å². The standard InChI is InChI=1S/C19H27FN2O3/c1-3-21(13-18(23)24)17-7-9-22(10-8-17)19(25)14(2)11-15-5-4-6-16(20)12-15/h4-6,12,14,17H,3,7-11,13H2,1-2H3,(H,23,24). The molecule has 138 valence electrons. The third-order valence-electron chi connectivity index (χ3n) is 4.89. The fourth-order valence-electron chi connectivity index (χ4n) is 3.54. The predicted octanol–water partition coefficient (Wildman–Crippen LogP) is 2.40. The number of nitrogens with zero attached hydrogens (tertiary/aromatic N) is 2. The van der Waals surface area contributed by atoms with Gasteiger partial charge in [0.1, 0.15) is 5.82 Å². The molecule has 5 nitrogen and oxygen atoms in total. The average molecular weight is 350 g/mol. The minimum atomic E-state index is -0.816. The SMILES string of the molecule is CCN(CC(=O)O)C1CCN(C(=O)C(C)Cc2cccc(F)c2)CC1. The fraction of sp³-hybridized carbons (Fsp3) is 0.579. The zero-order valence-corrected chi connectivity index (χ0v) is 14.9. The number of carboxylic acid groups (broad SMARTS) is 1. The molecule has 1 aromatic rings. The van der Waals surface area contributed by atoms with Gasteiger partial charge in [-0.1, -0.05) is 26.0 Å². The molecule has 1 aromatic carbocycles. The van der Waals surface area contributed by atoms with Crippen molar-refractivity contribution in [3.05, 3.63) is 35.6 Å². The van der Waals surface area contributed by atoms with Gasteiger partial charge in [-0.15, -0.1) is 0 Å². The predicted molar refractivity (Wildman–Crippen MR) is 93.8 cm³/mol. The molecule has 1 unspecified atom stereocenters. The molecule has 0 aromatic heterocycles. The maximum absolute atomic E-state index is 13.3. The summed E-state index contributed by atoms with van der Waals surface area (Å²) in [6.45, 7) is 5.87. The van der Waals surface area contributed by atoms with Gasteiger partial charge >= 0.3 is 5.97 Å². The van der Waals surface area contributed by atoms with Gasteiger partial charge in [0.2, 0.25) is 5.91 Å². The van der Waals surface area contributed by atoms with Gasteiger partial charge in [-0.3, -0.25) is 14.5 Å². The molecule has 1 atom stereocenters. The lowest BCUT2D eigenvalue weighted by atomic mass is 9.97. The van der Waals surface area contributed by atoms with Crippen molar-refractivity contribution in [1.29, 1.82) is 0 Å². The normalized spacial score (nSPS) is 16.9. The van der Waals surface area contributed by atoms with Crippen LogP contribution in [0.2, 0.25) is 0 Å². The maximum Gasteiger partial charge on any atom is 0.317 e. The Labute approximate surface area is 148 Å². The number of aliphatic carboxylic acids is 1. The summed E-state index contributed by atoms with van der Waals surface area (Å²) in [5.41, 5.74) is 0.828. The lowest BCUT2D eigenvalue weighted by Crippen LogP contribution is -2.49. The summed E-state index contributed by atoms with van der Waals surface area (Å²) >= 11 is 0. The van der Waals surface area contributed by atoms with Gasteiger partial charge in [0, 0.05) is 25.0 Å². The Balaban J connectivity index is 1.86. The van der Waals surface area contributed by atoms with Gasteiger partial charge in [0.05, 0.1) is 6.54 Å². The topological polar surface area (TPSA) is 60.9 Å². The minimum absolute atomic E-state index is 0.0467. The number of carbonyl (C=O) groups excluding carboxylic acids is 1. The van der Waals surface area contributed by atoms with Crippen LogP contribution in [0.15, 0.2) is 24.3 Å². The first-order valence-corrected chi connectivity index (χ1v) is 8.89. The van der Waals surface area contributed by atoms with Crippen molar-refractivity contribution in [2.75, 3.05) is 26.2 Å². The van der Waals surface area contributed by atoms with Crippen LogP contribution in [0.25, 0.3) is 0 Å². The van der Waals surface area contributed by atoms with E-state index in [0.29, 0.717) is 26.1 Å². The van der Waals surface area contributed by atoms with Crippen molar-refractivity contribution in [3.63, 3.8) is 0 Å². The van der Waals surface area contributed by atoms with Crippen molar-refractivity contribution in [2.45, 2.75) is 39.2 Å². The number of likely N-dealkylation sites (tertiary alicyclic amines) is 1. The number of hydrogen-bond acceptors (Lipinski definition) is 3. The van der Waals surface area contributed by atoms with E-state index < -0.39 is 5.97 Å². The Morgan fingerprint density at radius 2 is 2.04 bits per heavy atom. The summed E-state index contributed by atoms with van der Waals surface area (Å²) in [4.78, 5) is 27.4. The smallest absolute Gasteiger partial charge is 0.317 e. The van der Waals surface area contributed by atoms with Gasteiger partial charge in [-0.25, -0.2) is 4.39 Å². The number of amides is 1. The minimum Gasteiger partial charge on any atom is -0.480 e. The van der Waals surface area contributed by atoms with Crippen LogP contribution >= 0.6 is 0 Å². The van der Waals surface area contributed by atoms with Crippen molar-refractivity contribution in [1.82, 2.24) is 9.80 Å². The van der Waals surface area contributed by atoms with Crippen LogP contribution in [0.4, 0.5) is 4.39 Å². The number of carbonyl (C=O) groups is 2. The Bertz CT molecular complexity index is 600. The third kappa shape index (κ3) is 5.53. The largest absolute Gasteiger partial charge is 0.480 e. The molecule has 1 aliphatic heterocycles. The summed E-state index contributed by atoms with van der Waals surface area (Å²) < 4.78 is 13.3. The van der Waals surface area contributed by atoms with Gasteiger partial charge < -0.3 is 10.0 Å². The Morgan fingerprint density at radius 3 is 2.60 bits per heavy atom. The zero-order valence-electron chi connectivity index (χ0n) is 14.9. The second-order valence-corrected chi connectivity index (χ2v) is 6.75. The number of likely N-dealkylation sites (N-methyl/N-ethyl adjacent to an activating group) is 1. The van der Waals surface area contributed by atoms with Crippen LogP contribution in [-0.4, -0.2) is 59.0 Å². The van der Waals surface area contributed by atoms with Crippen LogP contribution in [0.5, 0.6) is 0 Å². The molecular weight excluding hydrogens is 323 g/mol. The molecule has 1 saturated heterocycles. The summed E-state index contributed by atoms with van der Waals surface area (Å²) in [6.07, 6.45) is 2.11. The number of piperidine rings is 1. The number of hydrogen-bond donors (Lipinski definition) is 1. The molecule has 25 heavy (non-hydrogen) atoms. The molecule has 0 spiro atoms. The van der Waals surface area contributed by atoms with Crippen LogP contribution in [0.3, 0.4) is 0 Å². The molecule has 1 fully saturated rings. The van der Waals surface area contributed by atoms with E-state index in [9.17, 15) is 14.0 Å². The van der Waals surface area contributed by atoms with Crippen LogP contribution in [0.1, 0.15) is 32.3 Å². The van der Waals surface area contributed by atoms with Crippen LogP contribution in [-0.2, 0) is 16.0 Å². The Hall–Kier alpha value is -1.95. The molecule has 2 rings (SSSR count). The Morgan fingerprint density at radius 1 is 1.36 bits per heavy atom. The maximum atomic E-state index is 13.3. The highest BCUT2D eigenvalue weighted by Gasteiger charge is 2.29. The average Bonchev–Trinajstić information content (AvgIpc) is 2.59. The fourth-order valence-corrected chi connectivity index (χ4v) is 3.54. The number of benzene rings is 1. The second kappa shape index (κ2) is 8.94. The number of carboxylic acids is 1. The summed E-state index contributed by atoms with van der Waals surface area (Å²) in [7, 11) is 0. The molecular formula is C19H27FN2O3. The molecule has 1 amide bonds. The molecule has 0 aliphatic carbocycles. The van der Waals surface area contributed by atoms with E-state index in [0.717, 1.165) is 18.4 Å². The molecule has 1 N–H and O–H groups in total. The lowest BCUT2D eigenvalue weighted by Gasteiger charge is -2.38. The highest BCUT2D eigenvalue weighted by Crippen LogP contribution is 2.20. The third-order valence-corrected chi connectivity index (χ3v) is 4.89. The summed E-state index contributed by atoms with van der Waals surface area (Å²) in [5, 5.41) is 8.99. The van der Waals surface area contributed by atoms with E-state index in [4.69, 9.17) is 5.11 Å². The monoisotopic (exact) mass is 350 g/mol. The van der Waals surface area contributed by atoms with E-state index >= 15 is 0 Å². The quantitative estimate of drug-likeness (QED) is 0.820. The summed E-state index contributed by atoms with van der Waals surface area (Å²) in [5.74, 6) is -1.20. The highest BCUT2D eigenvalue weighted by atomic mass is 19.1. The molecule has 0 saturated carbocycles. The Kier molecular flexibility index (Phi) is 6.93. The zero-order chi connectivity index (χ0) is 18.4. The van der Waals surface area contributed by atoms with Crippen molar-refractivity contribution in [3.8, 4) is 0 Å². The first-order valence-electron chi connectivity index (χ1n) is 8.89. The van der Waals surface area contributed by atoms with Crippen molar-refractivity contribution < 1.29 is 19.1 Å². The van der Waals surface area contributed by atoms with E-state index in [1.807, 2.05) is 29.7 Å². The molecule has 6 heteroatoms. The highest BCUT2D eigenvalue weighted by molar-refractivity contribution is 5.79. The molecule has 0 radical (unpaired) electrons. The molecule has 1 aliphatic rings. The van der Waals surface area contributed by atoms with Gasteiger partial charge in [-0.2, -0.15) is 0 Å². The first-order chi connectivity index (χ1) is 11.9.